The predicted molar refractivity (Wildman–Crippen MR) is 115 cm³/mol. The predicted octanol–water partition coefficient (Wildman–Crippen LogP) is 1.70. The number of nitrogens with zero attached hydrogens (tertiary/aromatic N) is 3. The summed E-state index contributed by atoms with van der Waals surface area (Å²) in [5.41, 5.74) is 0.618. The Morgan fingerprint density at radius 1 is 1.00 bits per heavy atom. The van der Waals surface area contributed by atoms with E-state index >= 15 is 0 Å². The Bertz CT molecular complexity index is 932. The number of amides is 2. The number of hydrogen-bond acceptors (Lipinski definition) is 6. The fourth-order valence-corrected chi connectivity index (χ4v) is 6.64. The number of imide groups is 1. The van der Waals surface area contributed by atoms with Crippen LogP contribution in [0.4, 0.5) is 0 Å². The van der Waals surface area contributed by atoms with Crippen LogP contribution in [0, 0.1) is 11.8 Å². The summed E-state index contributed by atoms with van der Waals surface area (Å²) in [6.45, 7) is 5.29. The molecule has 0 aromatic heterocycles. The maximum atomic E-state index is 13.4. The highest BCUT2D eigenvalue weighted by Crippen LogP contribution is 2.39. The number of fused-ring (bicyclic) bond motifs is 1. The lowest BCUT2D eigenvalue weighted by Crippen LogP contribution is -2.48. The lowest BCUT2D eigenvalue weighted by molar-refractivity contribution is -0.140. The quantitative estimate of drug-likeness (QED) is 0.615. The highest BCUT2D eigenvalue weighted by Gasteiger charge is 2.48. The molecule has 2 saturated heterocycles. The Kier molecular flexibility index (Phi) is 6.37. The van der Waals surface area contributed by atoms with Crippen molar-refractivity contribution in [3.8, 4) is 5.75 Å². The number of carbonyl (C=O) groups excluding carboxylic acids is 2. The summed E-state index contributed by atoms with van der Waals surface area (Å²) in [7, 11) is -2.30. The minimum Gasteiger partial charge on any atom is -0.495 e. The summed E-state index contributed by atoms with van der Waals surface area (Å²) in [5.74, 6) is -0.388. The van der Waals surface area contributed by atoms with Crippen LogP contribution < -0.4 is 4.74 Å². The highest BCUT2D eigenvalue weighted by atomic mass is 32.2. The molecular formula is C22H31N3O5S. The van der Waals surface area contributed by atoms with E-state index in [2.05, 4.69) is 11.8 Å². The second-order valence-corrected chi connectivity index (χ2v) is 10.5. The summed E-state index contributed by atoms with van der Waals surface area (Å²) < 4.78 is 33.6. The third-order valence-corrected chi connectivity index (χ3v) is 8.82. The van der Waals surface area contributed by atoms with Crippen molar-refractivity contribution in [1.82, 2.24) is 14.1 Å². The maximum Gasteiger partial charge on any atom is 0.246 e. The standard InChI is InChI=1S/C22H31N3O5S/c1-3-23-10-12-24(13-11-23)31(28,29)20-14-16(8-9-19(20)30-2)15-25-21(26)17-6-4-5-7-18(17)22(25)27/h8-9,14,17-18H,3-7,10-13,15H2,1-2H3/t17-,18-/m0/s1. The van der Waals surface area contributed by atoms with Gasteiger partial charge in [-0.25, -0.2) is 8.42 Å². The minimum absolute atomic E-state index is 0.0916. The van der Waals surface area contributed by atoms with Gasteiger partial charge in [-0.15, -0.1) is 0 Å². The average Bonchev–Trinajstić information content (AvgIpc) is 3.04. The first-order valence-corrected chi connectivity index (χ1v) is 12.6. The van der Waals surface area contributed by atoms with Crippen molar-refractivity contribution in [2.45, 2.75) is 44.0 Å². The van der Waals surface area contributed by atoms with Crippen molar-refractivity contribution in [3.63, 3.8) is 0 Å². The van der Waals surface area contributed by atoms with E-state index in [0.717, 1.165) is 32.2 Å². The lowest BCUT2D eigenvalue weighted by atomic mass is 9.81. The Morgan fingerprint density at radius 3 is 2.16 bits per heavy atom. The molecule has 1 aromatic rings. The molecule has 0 N–H and O–H groups in total. The van der Waals surface area contributed by atoms with Gasteiger partial charge in [-0.05, 0) is 37.1 Å². The molecular weight excluding hydrogens is 418 g/mol. The van der Waals surface area contributed by atoms with Crippen LogP contribution in [0.2, 0.25) is 0 Å². The van der Waals surface area contributed by atoms with E-state index in [1.807, 2.05) is 0 Å². The molecule has 2 atom stereocenters. The van der Waals surface area contributed by atoms with Crippen LogP contribution in [0.15, 0.2) is 23.1 Å². The monoisotopic (exact) mass is 449 g/mol. The summed E-state index contributed by atoms with van der Waals surface area (Å²) in [6, 6.07) is 4.90. The van der Waals surface area contributed by atoms with Crippen LogP contribution in [0.3, 0.4) is 0 Å². The smallest absolute Gasteiger partial charge is 0.246 e. The van der Waals surface area contributed by atoms with Gasteiger partial charge in [0.2, 0.25) is 21.8 Å². The zero-order valence-electron chi connectivity index (χ0n) is 18.2. The molecule has 8 nitrogen and oxygen atoms in total. The number of piperazine rings is 1. The van der Waals surface area contributed by atoms with E-state index in [4.69, 9.17) is 4.74 Å². The number of methoxy groups -OCH3 is 1. The zero-order valence-corrected chi connectivity index (χ0v) is 19.1. The van der Waals surface area contributed by atoms with Gasteiger partial charge >= 0.3 is 0 Å². The Morgan fingerprint density at radius 2 is 1.61 bits per heavy atom. The maximum absolute atomic E-state index is 13.4. The van der Waals surface area contributed by atoms with Gasteiger partial charge in [0.1, 0.15) is 10.6 Å². The normalized spacial score (nSPS) is 25.7. The number of likely N-dealkylation sites (N-methyl/N-ethyl adjacent to an activating group) is 1. The van der Waals surface area contributed by atoms with E-state index in [0.29, 0.717) is 31.7 Å². The van der Waals surface area contributed by atoms with Crippen molar-refractivity contribution in [2.24, 2.45) is 11.8 Å². The molecule has 4 rings (SSSR count). The average molecular weight is 450 g/mol. The molecule has 2 amide bonds. The molecule has 31 heavy (non-hydrogen) atoms. The van der Waals surface area contributed by atoms with Crippen LogP contribution in [0.25, 0.3) is 0 Å². The number of sulfonamides is 1. The third kappa shape index (κ3) is 4.10. The molecule has 0 spiro atoms. The Labute approximate surface area is 184 Å². The largest absolute Gasteiger partial charge is 0.495 e. The summed E-state index contributed by atoms with van der Waals surface area (Å²) in [5, 5.41) is 0. The number of likely N-dealkylation sites (tertiary alicyclic amines) is 1. The molecule has 0 unspecified atom stereocenters. The van der Waals surface area contributed by atoms with E-state index in [-0.39, 0.29) is 40.8 Å². The van der Waals surface area contributed by atoms with E-state index < -0.39 is 10.0 Å². The molecule has 2 heterocycles. The SMILES string of the molecule is CCN1CCN(S(=O)(=O)c2cc(CN3C(=O)[C@H]4CCCC[C@@H]4C3=O)ccc2OC)CC1. The van der Waals surface area contributed by atoms with Crippen molar-refractivity contribution in [2.75, 3.05) is 39.8 Å². The van der Waals surface area contributed by atoms with E-state index in [1.165, 1.54) is 16.3 Å². The third-order valence-electron chi connectivity index (χ3n) is 6.90. The second-order valence-electron chi connectivity index (χ2n) is 8.58. The van der Waals surface area contributed by atoms with Gasteiger partial charge < -0.3 is 9.64 Å². The van der Waals surface area contributed by atoms with Crippen LogP contribution in [0.1, 0.15) is 38.2 Å². The molecule has 0 bridgehead atoms. The van der Waals surface area contributed by atoms with Crippen LogP contribution >= 0.6 is 0 Å². The van der Waals surface area contributed by atoms with Crippen LogP contribution in [0.5, 0.6) is 5.75 Å². The van der Waals surface area contributed by atoms with Gasteiger partial charge in [0, 0.05) is 26.2 Å². The number of rotatable bonds is 6. The van der Waals surface area contributed by atoms with Crippen molar-refractivity contribution in [3.05, 3.63) is 23.8 Å². The Hall–Kier alpha value is -1.97. The number of ether oxygens (including phenoxy) is 1. The molecule has 1 saturated carbocycles. The highest BCUT2D eigenvalue weighted by molar-refractivity contribution is 7.89. The minimum atomic E-state index is -3.75. The van der Waals surface area contributed by atoms with Gasteiger partial charge in [-0.3, -0.25) is 14.5 Å². The molecule has 9 heteroatoms. The number of carbonyl (C=O) groups is 2. The van der Waals surface area contributed by atoms with E-state index in [1.54, 1.807) is 18.2 Å². The topological polar surface area (TPSA) is 87.2 Å². The van der Waals surface area contributed by atoms with Crippen LogP contribution in [-0.4, -0.2) is 74.2 Å². The summed E-state index contributed by atoms with van der Waals surface area (Å²) in [6.07, 6.45) is 3.48. The molecule has 0 radical (unpaired) electrons. The van der Waals surface area contributed by atoms with Gasteiger partial charge in [0.05, 0.1) is 25.5 Å². The van der Waals surface area contributed by atoms with E-state index in [9.17, 15) is 18.0 Å². The molecule has 2 aliphatic heterocycles. The first-order chi connectivity index (χ1) is 14.9. The number of hydrogen-bond donors (Lipinski definition) is 0. The molecule has 1 aliphatic carbocycles. The van der Waals surface area contributed by atoms with Crippen molar-refractivity contribution in [1.29, 1.82) is 0 Å². The molecule has 170 valence electrons. The summed E-state index contributed by atoms with van der Waals surface area (Å²) in [4.78, 5) is 29.3. The van der Waals surface area contributed by atoms with Gasteiger partial charge in [-0.2, -0.15) is 4.31 Å². The first kappa shape index (κ1) is 22.2. The second kappa shape index (κ2) is 8.88. The number of benzene rings is 1. The van der Waals surface area contributed by atoms with Gasteiger partial charge in [-0.1, -0.05) is 25.8 Å². The van der Waals surface area contributed by atoms with Crippen molar-refractivity contribution >= 4 is 21.8 Å². The zero-order chi connectivity index (χ0) is 22.2. The first-order valence-electron chi connectivity index (χ1n) is 11.1. The fourth-order valence-electron chi connectivity index (χ4n) is 5.02. The fraction of sp³-hybridized carbons (Fsp3) is 0.636. The molecule has 1 aromatic carbocycles. The van der Waals surface area contributed by atoms with Gasteiger partial charge in [0.25, 0.3) is 0 Å². The molecule has 3 aliphatic rings. The molecule has 3 fully saturated rings. The van der Waals surface area contributed by atoms with Crippen LogP contribution in [-0.2, 0) is 26.2 Å². The Balaban J connectivity index is 1.58. The lowest BCUT2D eigenvalue weighted by Gasteiger charge is -2.33. The summed E-state index contributed by atoms with van der Waals surface area (Å²) >= 11 is 0. The van der Waals surface area contributed by atoms with Crippen molar-refractivity contribution < 1.29 is 22.7 Å². The van der Waals surface area contributed by atoms with Gasteiger partial charge in [0.15, 0.2) is 0 Å².